The minimum atomic E-state index is -1.15. The molecule has 1 N–H and O–H groups in total. The number of carbonyl (C=O) groups is 1. The van der Waals surface area contributed by atoms with Crippen molar-refractivity contribution in [1.82, 2.24) is 0 Å². The third-order valence-electron chi connectivity index (χ3n) is 3.96. The Hall–Kier alpha value is -1.78. The fourth-order valence-corrected chi connectivity index (χ4v) is 2.76. The van der Waals surface area contributed by atoms with E-state index in [1.54, 1.807) is 0 Å². The standard InChI is InChI=1S/C14H15FO4/c15-9-3-4-10-12(19-8-2-7-18-10)11(9)14(13(16)17)5-1-6-14/h3-4H,1-2,5-8H2,(H,16,17). The van der Waals surface area contributed by atoms with Crippen LogP contribution in [0.5, 0.6) is 11.5 Å². The van der Waals surface area contributed by atoms with Crippen LogP contribution in [0.15, 0.2) is 12.1 Å². The van der Waals surface area contributed by atoms with E-state index in [4.69, 9.17) is 9.47 Å². The Kier molecular flexibility index (Phi) is 2.84. The third kappa shape index (κ3) is 1.76. The highest BCUT2D eigenvalue weighted by molar-refractivity contribution is 5.84. The SMILES string of the molecule is O=C(O)C1(c2c(F)ccc3c2OCCCO3)CCC1. The van der Waals surface area contributed by atoms with Gasteiger partial charge in [0.1, 0.15) is 5.82 Å². The summed E-state index contributed by atoms with van der Waals surface area (Å²) in [5.41, 5.74) is -0.992. The van der Waals surface area contributed by atoms with Gasteiger partial charge < -0.3 is 14.6 Å². The van der Waals surface area contributed by atoms with Crippen molar-refractivity contribution in [2.45, 2.75) is 31.1 Å². The zero-order valence-electron chi connectivity index (χ0n) is 10.4. The molecule has 0 aromatic heterocycles. The van der Waals surface area contributed by atoms with E-state index >= 15 is 0 Å². The van der Waals surface area contributed by atoms with Gasteiger partial charge in [-0.1, -0.05) is 6.42 Å². The minimum absolute atomic E-state index is 0.158. The van der Waals surface area contributed by atoms with Gasteiger partial charge in [-0.15, -0.1) is 0 Å². The number of fused-ring (bicyclic) bond motifs is 1. The maximum absolute atomic E-state index is 14.2. The molecule has 0 bridgehead atoms. The molecular formula is C14H15FO4. The molecule has 4 nitrogen and oxygen atoms in total. The van der Waals surface area contributed by atoms with Gasteiger partial charge in [0.15, 0.2) is 11.5 Å². The molecule has 0 unspecified atom stereocenters. The topological polar surface area (TPSA) is 55.8 Å². The average Bonchev–Trinajstić information content (AvgIpc) is 2.55. The van der Waals surface area contributed by atoms with E-state index in [0.29, 0.717) is 38.2 Å². The van der Waals surface area contributed by atoms with Crippen molar-refractivity contribution >= 4 is 5.97 Å². The number of carboxylic acids is 1. The van der Waals surface area contributed by atoms with E-state index < -0.39 is 17.2 Å². The lowest BCUT2D eigenvalue weighted by Gasteiger charge is -2.39. The van der Waals surface area contributed by atoms with Crippen LogP contribution in [0.25, 0.3) is 0 Å². The summed E-state index contributed by atoms with van der Waals surface area (Å²) in [5.74, 6) is -0.786. The molecular weight excluding hydrogens is 251 g/mol. The Bertz CT molecular complexity index is 522. The number of ether oxygens (including phenoxy) is 2. The fourth-order valence-electron chi connectivity index (χ4n) is 2.76. The van der Waals surface area contributed by atoms with Crippen LogP contribution in [0.2, 0.25) is 0 Å². The molecule has 1 aliphatic carbocycles. The summed E-state index contributed by atoms with van der Waals surface area (Å²) in [6.07, 6.45) is 2.38. The van der Waals surface area contributed by atoms with E-state index in [2.05, 4.69) is 0 Å². The smallest absolute Gasteiger partial charge is 0.314 e. The van der Waals surface area contributed by atoms with Crippen molar-refractivity contribution in [2.75, 3.05) is 13.2 Å². The van der Waals surface area contributed by atoms with Crippen molar-refractivity contribution in [3.63, 3.8) is 0 Å². The Morgan fingerprint density at radius 2 is 1.95 bits per heavy atom. The van der Waals surface area contributed by atoms with E-state index in [1.807, 2.05) is 0 Å². The van der Waals surface area contributed by atoms with E-state index in [-0.39, 0.29) is 11.3 Å². The first-order valence-corrected chi connectivity index (χ1v) is 6.47. The molecule has 0 saturated heterocycles. The third-order valence-corrected chi connectivity index (χ3v) is 3.96. The molecule has 0 atom stereocenters. The van der Waals surface area contributed by atoms with Crippen LogP contribution >= 0.6 is 0 Å². The molecule has 0 spiro atoms. The van der Waals surface area contributed by atoms with Gasteiger partial charge in [-0.25, -0.2) is 4.39 Å². The highest BCUT2D eigenvalue weighted by atomic mass is 19.1. The summed E-state index contributed by atoms with van der Waals surface area (Å²) in [4.78, 5) is 11.6. The first kappa shape index (κ1) is 12.3. The van der Waals surface area contributed by atoms with E-state index in [9.17, 15) is 14.3 Å². The van der Waals surface area contributed by atoms with Crippen LogP contribution in [-0.4, -0.2) is 24.3 Å². The Morgan fingerprint density at radius 1 is 1.21 bits per heavy atom. The molecule has 2 aliphatic rings. The monoisotopic (exact) mass is 266 g/mol. The second-order valence-electron chi connectivity index (χ2n) is 5.04. The number of carboxylic acid groups (broad SMARTS) is 1. The van der Waals surface area contributed by atoms with Crippen molar-refractivity contribution in [3.05, 3.63) is 23.5 Å². The van der Waals surface area contributed by atoms with Gasteiger partial charge >= 0.3 is 5.97 Å². The quantitative estimate of drug-likeness (QED) is 0.893. The second-order valence-corrected chi connectivity index (χ2v) is 5.04. The van der Waals surface area contributed by atoms with Crippen molar-refractivity contribution in [1.29, 1.82) is 0 Å². The Labute approximate surface area is 110 Å². The van der Waals surface area contributed by atoms with Gasteiger partial charge in [0, 0.05) is 6.42 Å². The number of benzene rings is 1. The molecule has 102 valence electrons. The van der Waals surface area contributed by atoms with Crippen LogP contribution in [0.1, 0.15) is 31.2 Å². The summed E-state index contributed by atoms with van der Waals surface area (Å²) in [6, 6.07) is 2.78. The van der Waals surface area contributed by atoms with Gasteiger partial charge in [-0.3, -0.25) is 4.79 Å². The predicted molar refractivity (Wildman–Crippen MR) is 65.2 cm³/mol. The second kappa shape index (κ2) is 4.40. The Balaban J connectivity index is 2.17. The van der Waals surface area contributed by atoms with Crippen molar-refractivity contribution in [2.24, 2.45) is 0 Å². The zero-order valence-corrected chi connectivity index (χ0v) is 10.4. The maximum Gasteiger partial charge on any atom is 0.314 e. The number of hydrogen-bond donors (Lipinski definition) is 1. The summed E-state index contributed by atoms with van der Waals surface area (Å²) < 4.78 is 25.3. The number of rotatable bonds is 2. The summed E-state index contributed by atoms with van der Waals surface area (Å²) in [6.45, 7) is 0.914. The van der Waals surface area contributed by atoms with Crippen molar-refractivity contribution in [3.8, 4) is 11.5 Å². The average molecular weight is 266 g/mol. The molecule has 1 aromatic carbocycles. The molecule has 0 amide bonds. The van der Waals surface area contributed by atoms with Crippen LogP contribution in [0.4, 0.5) is 4.39 Å². The fraction of sp³-hybridized carbons (Fsp3) is 0.500. The highest BCUT2D eigenvalue weighted by Gasteiger charge is 2.50. The molecule has 3 rings (SSSR count). The van der Waals surface area contributed by atoms with Crippen molar-refractivity contribution < 1.29 is 23.8 Å². The first-order valence-electron chi connectivity index (χ1n) is 6.47. The lowest BCUT2D eigenvalue weighted by atomic mass is 9.64. The molecule has 1 saturated carbocycles. The molecule has 1 heterocycles. The lowest BCUT2D eigenvalue weighted by molar-refractivity contribution is -0.147. The number of hydrogen-bond acceptors (Lipinski definition) is 3. The lowest BCUT2D eigenvalue weighted by Crippen LogP contribution is -2.43. The van der Waals surface area contributed by atoms with Crippen LogP contribution < -0.4 is 9.47 Å². The normalized spacial score (nSPS) is 20.3. The van der Waals surface area contributed by atoms with Gasteiger partial charge in [0.05, 0.1) is 24.2 Å². The molecule has 1 fully saturated rings. The highest BCUT2D eigenvalue weighted by Crippen LogP contribution is 2.51. The Morgan fingerprint density at radius 3 is 2.58 bits per heavy atom. The van der Waals surface area contributed by atoms with E-state index in [0.717, 1.165) is 6.42 Å². The number of aliphatic carboxylic acids is 1. The maximum atomic E-state index is 14.2. The largest absolute Gasteiger partial charge is 0.490 e. The molecule has 1 aromatic rings. The predicted octanol–water partition coefficient (Wildman–Crippen LogP) is 2.49. The first-order chi connectivity index (χ1) is 9.15. The summed E-state index contributed by atoms with van der Waals surface area (Å²) in [7, 11) is 0. The van der Waals surface area contributed by atoms with Crippen LogP contribution in [0.3, 0.4) is 0 Å². The molecule has 1 aliphatic heterocycles. The zero-order chi connectivity index (χ0) is 13.5. The summed E-state index contributed by atoms with van der Waals surface area (Å²) in [5, 5.41) is 9.47. The van der Waals surface area contributed by atoms with Crippen LogP contribution in [-0.2, 0) is 10.2 Å². The van der Waals surface area contributed by atoms with Crippen LogP contribution in [0, 0.1) is 5.82 Å². The van der Waals surface area contributed by atoms with Gasteiger partial charge in [-0.05, 0) is 25.0 Å². The van der Waals surface area contributed by atoms with Gasteiger partial charge in [0.2, 0.25) is 0 Å². The molecule has 19 heavy (non-hydrogen) atoms. The number of halogens is 1. The molecule has 5 heteroatoms. The van der Waals surface area contributed by atoms with Gasteiger partial charge in [-0.2, -0.15) is 0 Å². The van der Waals surface area contributed by atoms with E-state index in [1.165, 1.54) is 12.1 Å². The molecule has 0 radical (unpaired) electrons. The minimum Gasteiger partial charge on any atom is -0.490 e. The van der Waals surface area contributed by atoms with Gasteiger partial charge in [0.25, 0.3) is 0 Å². The summed E-state index contributed by atoms with van der Waals surface area (Å²) >= 11 is 0.